The third kappa shape index (κ3) is 4.54. The van der Waals surface area contributed by atoms with Crippen LogP contribution >= 0.6 is 0 Å². The molecule has 35 heavy (non-hydrogen) atoms. The lowest BCUT2D eigenvalue weighted by molar-refractivity contribution is 0.332. The van der Waals surface area contributed by atoms with Gasteiger partial charge in [-0.15, -0.1) is 0 Å². The highest BCUT2D eigenvalue weighted by atomic mass is 15.4. The number of aromatic amines is 1. The van der Waals surface area contributed by atoms with Gasteiger partial charge < -0.3 is 15.2 Å². The molecule has 2 N–H and O–H groups in total. The molecule has 9 heteroatoms. The van der Waals surface area contributed by atoms with Crippen LogP contribution in [0.4, 0.5) is 11.5 Å². The molecule has 1 fully saturated rings. The SMILES string of the molecule is Cc1cccc(-c2[nH]c(CNc3ccccc3CN3CCCC3)nc2N2C=Cc3ncnn3C2)n1. The van der Waals surface area contributed by atoms with Crippen LogP contribution in [-0.4, -0.2) is 47.7 Å². The lowest BCUT2D eigenvalue weighted by Crippen LogP contribution is -2.26. The molecule has 1 aromatic carbocycles. The van der Waals surface area contributed by atoms with Crippen molar-refractivity contribution in [3.05, 3.63) is 77.9 Å². The molecule has 2 aliphatic heterocycles. The van der Waals surface area contributed by atoms with Gasteiger partial charge in [-0.05, 0) is 62.7 Å². The Labute approximate surface area is 204 Å². The van der Waals surface area contributed by atoms with E-state index in [1.807, 2.05) is 42.1 Å². The summed E-state index contributed by atoms with van der Waals surface area (Å²) in [5.41, 5.74) is 5.19. The van der Waals surface area contributed by atoms with Crippen molar-refractivity contribution in [2.24, 2.45) is 0 Å². The number of anilines is 2. The monoisotopic (exact) mass is 467 g/mol. The number of likely N-dealkylation sites (tertiary alicyclic amines) is 1. The number of para-hydroxylation sites is 1. The van der Waals surface area contributed by atoms with E-state index in [0.29, 0.717) is 13.2 Å². The third-order valence-corrected chi connectivity index (χ3v) is 6.54. The predicted octanol–water partition coefficient (Wildman–Crippen LogP) is 4.03. The topological polar surface area (TPSA) is 90.8 Å². The van der Waals surface area contributed by atoms with E-state index in [2.05, 4.69) is 54.4 Å². The standard InChI is InChI=1S/C26H29N9/c1-19-7-6-10-22(30-19)25-26(34-14-11-24-28-17-29-35(24)18-34)32-23(31-25)15-27-21-9-3-2-8-20(21)16-33-12-4-5-13-33/h2-3,6-11,14,17,27H,4-5,12-13,15-16,18H2,1H3,(H,31,32). The number of nitrogens with zero attached hydrogens (tertiary/aromatic N) is 7. The predicted molar refractivity (Wildman–Crippen MR) is 136 cm³/mol. The molecule has 0 unspecified atom stereocenters. The Balaban J connectivity index is 1.27. The van der Waals surface area contributed by atoms with E-state index in [4.69, 9.17) is 9.97 Å². The number of hydrogen-bond donors (Lipinski definition) is 2. The van der Waals surface area contributed by atoms with E-state index in [1.165, 1.54) is 31.5 Å². The molecule has 9 nitrogen and oxygen atoms in total. The second-order valence-electron chi connectivity index (χ2n) is 9.08. The molecule has 0 saturated carbocycles. The zero-order valence-corrected chi connectivity index (χ0v) is 19.9. The van der Waals surface area contributed by atoms with Crippen molar-refractivity contribution in [1.82, 2.24) is 34.6 Å². The van der Waals surface area contributed by atoms with Gasteiger partial charge in [0.15, 0.2) is 11.6 Å². The molecule has 0 aliphatic carbocycles. The van der Waals surface area contributed by atoms with E-state index in [-0.39, 0.29) is 0 Å². The smallest absolute Gasteiger partial charge is 0.162 e. The third-order valence-electron chi connectivity index (χ3n) is 6.54. The van der Waals surface area contributed by atoms with Gasteiger partial charge in [0, 0.05) is 24.1 Å². The number of aromatic nitrogens is 6. The number of aryl methyl sites for hydroxylation is 1. The average molecular weight is 468 g/mol. The number of rotatable bonds is 7. The number of nitrogens with one attached hydrogen (secondary N) is 2. The normalized spacial score (nSPS) is 15.5. The van der Waals surface area contributed by atoms with Crippen LogP contribution in [0.2, 0.25) is 0 Å². The summed E-state index contributed by atoms with van der Waals surface area (Å²) in [7, 11) is 0. The zero-order chi connectivity index (χ0) is 23.6. The number of pyridine rings is 1. The fourth-order valence-corrected chi connectivity index (χ4v) is 4.75. The van der Waals surface area contributed by atoms with E-state index >= 15 is 0 Å². The minimum Gasteiger partial charge on any atom is -0.378 e. The Hall–Kier alpha value is -3.98. The Morgan fingerprint density at radius 2 is 1.91 bits per heavy atom. The van der Waals surface area contributed by atoms with Crippen LogP contribution in [0, 0.1) is 6.92 Å². The molecule has 4 aromatic rings. The molecular formula is C26H29N9. The van der Waals surface area contributed by atoms with Gasteiger partial charge in [0.1, 0.15) is 24.5 Å². The van der Waals surface area contributed by atoms with Gasteiger partial charge in [0.05, 0.1) is 12.2 Å². The maximum absolute atomic E-state index is 4.99. The van der Waals surface area contributed by atoms with Crippen molar-refractivity contribution < 1.29 is 0 Å². The molecule has 0 amide bonds. The van der Waals surface area contributed by atoms with Crippen molar-refractivity contribution >= 4 is 17.6 Å². The first-order valence-corrected chi connectivity index (χ1v) is 12.1. The first-order valence-electron chi connectivity index (χ1n) is 12.1. The van der Waals surface area contributed by atoms with Gasteiger partial charge in [-0.25, -0.2) is 14.6 Å². The molecule has 2 aliphatic rings. The highest BCUT2D eigenvalue weighted by Crippen LogP contribution is 2.30. The van der Waals surface area contributed by atoms with E-state index in [0.717, 1.165) is 46.8 Å². The largest absolute Gasteiger partial charge is 0.378 e. The summed E-state index contributed by atoms with van der Waals surface area (Å²) in [4.78, 5) is 22.1. The van der Waals surface area contributed by atoms with Crippen LogP contribution in [0.15, 0.2) is 55.0 Å². The van der Waals surface area contributed by atoms with Crippen LogP contribution in [0.5, 0.6) is 0 Å². The zero-order valence-electron chi connectivity index (χ0n) is 19.9. The summed E-state index contributed by atoms with van der Waals surface area (Å²) in [6.07, 6.45) is 8.11. The number of imidazole rings is 1. The summed E-state index contributed by atoms with van der Waals surface area (Å²) in [6.45, 7) is 6.47. The summed E-state index contributed by atoms with van der Waals surface area (Å²) < 4.78 is 1.86. The van der Waals surface area contributed by atoms with Crippen molar-refractivity contribution in [3.63, 3.8) is 0 Å². The van der Waals surface area contributed by atoms with E-state index in [9.17, 15) is 0 Å². The highest BCUT2D eigenvalue weighted by Gasteiger charge is 2.22. The summed E-state index contributed by atoms with van der Waals surface area (Å²) in [5, 5.41) is 7.94. The maximum atomic E-state index is 4.99. The van der Waals surface area contributed by atoms with Crippen molar-refractivity contribution in [2.45, 2.75) is 39.5 Å². The fraction of sp³-hybridized carbons (Fsp3) is 0.308. The molecule has 3 aromatic heterocycles. The lowest BCUT2D eigenvalue weighted by Gasteiger charge is -2.22. The minimum atomic E-state index is 0.543. The Morgan fingerprint density at radius 1 is 1.03 bits per heavy atom. The number of fused-ring (bicyclic) bond motifs is 1. The van der Waals surface area contributed by atoms with Gasteiger partial charge in [-0.1, -0.05) is 24.3 Å². The van der Waals surface area contributed by atoms with Crippen LogP contribution < -0.4 is 10.2 Å². The molecule has 0 bridgehead atoms. The number of benzene rings is 1. The Bertz CT molecular complexity index is 1350. The fourth-order valence-electron chi connectivity index (χ4n) is 4.75. The van der Waals surface area contributed by atoms with Crippen molar-refractivity contribution in [3.8, 4) is 11.4 Å². The second-order valence-corrected chi connectivity index (χ2v) is 9.08. The highest BCUT2D eigenvalue weighted by molar-refractivity contribution is 5.72. The molecule has 178 valence electrons. The summed E-state index contributed by atoms with van der Waals surface area (Å²) in [6, 6.07) is 14.6. The van der Waals surface area contributed by atoms with Gasteiger partial charge >= 0.3 is 0 Å². The molecule has 1 saturated heterocycles. The molecule has 0 spiro atoms. The van der Waals surface area contributed by atoms with Crippen molar-refractivity contribution in [1.29, 1.82) is 0 Å². The van der Waals surface area contributed by atoms with Crippen LogP contribution in [0.25, 0.3) is 17.5 Å². The number of hydrogen-bond acceptors (Lipinski definition) is 7. The average Bonchev–Trinajstić information content (AvgIpc) is 3.64. The van der Waals surface area contributed by atoms with Crippen LogP contribution in [-0.2, 0) is 19.8 Å². The summed E-state index contributed by atoms with van der Waals surface area (Å²) >= 11 is 0. The quantitative estimate of drug-likeness (QED) is 0.424. The molecular weight excluding hydrogens is 438 g/mol. The Morgan fingerprint density at radius 3 is 2.80 bits per heavy atom. The first-order chi connectivity index (χ1) is 17.2. The Kier molecular flexibility index (Phi) is 5.75. The molecule has 0 radical (unpaired) electrons. The first kappa shape index (κ1) is 21.5. The molecule has 0 atom stereocenters. The van der Waals surface area contributed by atoms with Gasteiger partial charge in [0.2, 0.25) is 0 Å². The summed E-state index contributed by atoms with van der Waals surface area (Å²) in [5.74, 6) is 2.51. The van der Waals surface area contributed by atoms with Crippen molar-refractivity contribution in [2.75, 3.05) is 23.3 Å². The van der Waals surface area contributed by atoms with Gasteiger partial charge in [-0.2, -0.15) is 5.10 Å². The van der Waals surface area contributed by atoms with E-state index in [1.54, 1.807) is 6.33 Å². The van der Waals surface area contributed by atoms with Gasteiger partial charge in [-0.3, -0.25) is 9.88 Å². The molecule has 5 heterocycles. The maximum Gasteiger partial charge on any atom is 0.162 e. The second kappa shape index (κ2) is 9.34. The molecule has 6 rings (SSSR count). The number of H-pyrrole nitrogens is 1. The van der Waals surface area contributed by atoms with Crippen LogP contribution in [0.1, 0.15) is 35.7 Å². The van der Waals surface area contributed by atoms with E-state index < -0.39 is 0 Å². The van der Waals surface area contributed by atoms with Gasteiger partial charge in [0.25, 0.3) is 0 Å². The lowest BCUT2D eigenvalue weighted by atomic mass is 10.1. The van der Waals surface area contributed by atoms with Crippen LogP contribution in [0.3, 0.4) is 0 Å². The minimum absolute atomic E-state index is 0.543.